The van der Waals surface area contributed by atoms with Gasteiger partial charge in [0.25, 0.3) is 0 Å². The van der Waals surface area contributed by atoms with Crippen molar-refractivity contribution in [2.45, 2.75) is 37.5 Å². The number of aliphatic hydroxyl groups excluding tert-OH is 1. The molecule has 0 aliphatic heterocycles. The second kappa shape index (κ2) is 5.83. The van der Waals surface area contributed by atoms with Crippen LogP contribution in [0, 0.1) is 0 Å². The highest BCUT2D eigenvalue weighted by Gasteiger charge is 2.33. The van der Waals surface area contributed by atoms with E-state index in [-0.39, 0.29) is 23.9 Å². The van der Waals surface area contributed by atoms with Crippen LogP contribution in [0.25, 0.3) is 0 Å². The molecule has 4 N–H and O–H groups in total. The van der Waals surface area contributed by atoms with E-state index in [9.17, 15) is 15.0 Å². The molecule has 124 valence electrons. The summed E-state index contributed by atoms with van der Waals surface area (Å²) in [6.07, 6.45) is 1.47. The van der Waals surface area contributed by atoms with Gasteiger partial charge in [-0.05, 0) is 41.2 Å². The van der Waals surface area contributed by atoms with Crippen LogP contribution in [-0.4, -0.2) is 22.3 Å². The van der Waals surface area contributed by atoms with E-state index < -0.39 is 6.10 Å². The van der Waals surface area contributed by atoms with Crippen molar-refractivity contribution in [3.05, 3.63) is 64.7 Å². The molecule has 0 saturated heterocycles. The fourth-order valence-electron chi connectivity index (χ4n) is 3.87. The van der Waals surface area contributed by atoms with Crippen molar-refractivity contribution in [2.24, 2.45) is 0 Å². The highest BCUT2D eigenvalue weighted by atomic mass is 16.3. The van der Waals surface area contributed by atoms with Crippen LogP contribution in [0.1, 0.15) is 40.8 Å². The Morgan fingerprint density at radius 3 is 2.71 bits per heavy atom. The maximum absolute atomic E-state index is 12.4. The number of hydrogen-bond acceptors (Lipinski definition) is 3. The molecule has 0 saturated carbocycles. The van der Waals surface area contributed by atoms with E-state index >= 15 is 0 Å². The number of carbonyl (C=O) groups excluding carboxylic acids is 1. The van der Waals surface area contributed by atoms with Crippen molar-refractivity contribution in [1.82, 2.24) is 10.6 Å². The summed E-state index contributed by atoms with van der Waals surface area (Å²) in [4.78, 5) is 12.4. The van der Waals surface area contributed by atoms with E-state index in [4.69, 9.17) is 0 Å². The van der Waals surface area contributed by atoms with Crippen molar-refractivity contribution in [3.63, 3.8) is 0 Å². The van der Waals surface area contributed by atoms with Gasteiger partial charge in [0.1, 0.15) is 5.75 Å². The van der Waals surface area contributed by atoms with E-state index in [1.165, 1.54) is 0 Å². The van der Waals surface area contributed by atoms with Gasteiger partial charge >= 0.3 is 6.03 Å². The van der Waals surface area contributed by atoms with E-state index in [0.717, 1.165) is 35.1 Å². The normalized spacial score (nSPS) is 24.3. The zero-order chi connectivity index (χ0) is 16.7. The van der Waals surface area contributed by atoms with Crippen molar-refractivity contribution >= 4 is 6.03 Å². The molecular weight excluding hydrogens is 304 g/mol. The average Bonchev–Trinajstić information content (AvgIpc) is 3.11. The minimum atomic E-state index is -0.604. The Morgan fingerprint density at radius 1 is 1.04 bits per heavy atom. The summed E-state index contributed by atoms with van der Waals surface area (Å²) in [5, 5.41) is 26.0. The smallest absolute Gasteiger partial charge is 0.315 e. The first-order chi connectivity index (χ1) is 11.6. The summed E-state index contributed by atoms with van der Waals surface area (Å²) in [5.74, 6) is 0.289. The number of phenolic OH excluding ortho intramolecular Hbond substituents is 1. The molecule has 3 atom stereocenters. The van der Waals surface area contributed by atoms with E-state index in [2.05, 4.69) is 10.6 Å². The summed E-state index contributed by atoms with van der Waals surface area (Å²) in [5.41, 5.74) is 3.93. The zero-order valence-corrected chi connectivity index (χ0v) is 13.2. The first kappa shape index (κ1) is 15.0. The predicted octanol–water partition coefficient (Wildman–Crippen LogP) is 2.34. The van der Waals surface area contributed by atoms with Gasteiger partial charge in [-0.3, -0.25) is 0 Å². The third-order valence-electron chi connectivity index (χ3n) is 5.04. The molecule has 4 rings (SSSR count). The SMILES string of the molecule is O=C(NC1CCc2c(O)cccc21)NC1c2ccccc2CC1O. The molecule has 2 aromatic carbocycles. The standard InChI is InChI=1S/C19H20N2O3/c22-16-7-3-6-13-14(16)8-9-15(13)20-19(24)21-18-12-5-2-1-4-11(12)10-17(18)23/h1-7,15,17-18,22-23H,8-10H2,(H2,20,21,24). The number of carbonyl (C=O) groups is 1. The number of phenols is 1. The molecule has 0 heterocycles. The molecule has 0 bridgehead atoms. The Morgan fingerprint density at radius 2 is 1.83 bits per heavy atom. The largest absolute Gasteiger partial charge is 0.508 e. The van der Waals surface area contributed by atoms with Gasteiger partial charge in [0.2, 0.25) is 0 Å². The highest BCUT2D eigenvalue weighted by molar-refractivity contribution is 5.75. The Kier molecular flexibility index (Phi) is 3.65. The summed E-state index contributed by atoms with van der Waals surface area (Å²) in [7, 11) is 0. The lowest BCUT2D eigenvalue weighted by molar-refractivity contribution is 0.142. The Balaban J connectivity index is 1.47. The summed E-state index contributed by atoms with van der Waals surface area (Å²) >= 11 is 0. The van der Waals surface area contributed by atoms with Gasteiger partial charge in [0, 0.05) is 6.42 Å². The summed E-state index contributed by atoms with van der Waals surface area (Å²) < 4.78 is 0. The predicted molar refractivity (Wildman–Crippen MR) is 89.7 cm³/mol. The Hall–Kier alpha value is -2.53. The molecule has 2 aliphatic rings. The summed E-state index contributed by atoms with van der Waals surface area (Å²) in [6.45, 7) is 0. The van der Waals surface area contributed by atoms with Gasteiger partial charge in [0.05, 0.1) is 18.2 Å². The number of hydrogen-bond donors (Lipinski definition) is 4. The third kappa shape index (κ3) is 2.51. The van der Waals surface area contributed by atoms with Crippen LogP contribution in [0.4, 0.5) is 4.79 Å². The van der Waals surface area contributed by atoms with Crippen LogP contribution < -0.4 is 10.6 Å². The first-order valence-corrected chi connectivity index (χ1v) is 8.27. The van der Waals surface area contributed by atoms with Gasteiger partial charge in [-0.25, -0.2) is 4.79 Å². The number of benzene rings is 2. The van der Waals surface area contributed by atoms with E-state index in [1.54, 1.807) is 12.1 Å². The monoisotopic (exact) mass is 324 g/mol. The number of aromatic hydroxyl groups is 1. The molecule has 5 nitrogen and oxygen atoms in total. The molecule has 0 aromatic heterocycles. The molecule has 2 aromatic rings. The topological polar surface area (TPSA) is 81.6 Å². The number of urea groups is 1. The van der Waals surface area contributed by atoms with Crippen LogP contribution in [-0.2, 0) is 12.8 Å². The lowest BCUT2D eigenvalue weighted by Gasteiger charge is -2.21. The first-order valence-electron chi connectivity index (χ1n) is 8.27. The molecule has 0 fully saturated rings. The van der Waals surface area contributed by atoms with Crippen LogP contribution in [0.15, 0.2) is 42.5 Å². The molecule has 2 aliphatic carbocycles. The van der Waals surface area contributed by atoms with Crippen molar-refractivity contribution in [1.29, 1.82) is 0 Å². The lowest BCUT2D eigenvalue weighted by Crippen LogP contribution is -2.42. The second-order valence-electron chi connectivity index (χ2n) is 6.50. The Bertz CT molecular complexity index is 790. The maximum Gasteiger partial charge on any atom is 0.315 e. The minimum Gasteiger partial charge on any atom is -0.508 e. The summed E-state index contributed by atoms with van der Waals surface area (Å²) in [6, 6.07) is 12.4. The molecule has 2 amide bonds. The van der Waals surface area contributed by atoms with E-state index in [1.807, 2.05) is 30.3 Å². The molecule has 3 unspecified atom stereocenters. The van der Waals surface area contributed by atoms with Gasteiger partial charge in [-0.15, -0.1) is 0 Å². The zero-order valence-electron chi connectivity index (χ0n) is 13.2. The van der Waals surface area contributed by atoms with Gasteiger partial charge in [-0.2, -0.15) is 0 Å². The molecule has 0 radical (unpaired) electrons. The van der Waals surface area contributed by atoms with Crippen molar-refractivity contribution in [3.8, 4) is 5.75 Å². The van der Waals surface area contributed by atoms with Crippen LogP contribution >= 0.6 is 0 Å². The number of amides is 2. The minimum absolute atomic E-state index is 0.110. The molecule has 24 heavy (non-hydrogen) atoms. The number of aliphatic hydroxyl groups is 1. The number of rotatable bonds is 2. The van der Waals surface area contributed by atoms with Crippen molar-refractivity contribution < 1.29 is 15.0 Å². The van der Waals surface area contributed by atoms with Crippen LogP contribution in [0.3, 0.4) is 0 Å². The van der Waals surface area contributed by atoms with Gasteiger partial charge in [0.15, 0.2) is 0 Å². The maximum atomic E-state index is 12.4. The fraction of sp³-hybridized carbons (Fsp3) is 0.316. The van der Waals surface area contributed by atoms with E-state index in [0.29, 0.717) is 6.42 Å². The van der Waals surface area contributed by atoms with Crippen molar-refractivity contribution in [2.75, 3.05) is 0 Å². The number of fused-ring (bicyclic) bond motifs is 2. The van der Waals surface area contributed by atoms with Crippen LogP contribution in [0.5, 0.6) is 5.75 Å². The highest BCUT2D eigenvalue weighted by Crippen LogP contribution is 2.36. The molecule has 0 spiro atoms. The van der Waals surface area contributed by atoms with Gasteiger partial charge < -0.3 is 20.8 Å². The molecule has 5 heteroatoms. The third-order valence-corrected chi connectivity index (χ3v) is 5.04. The lowest BCUT2D eigenvalue weighted by atomic mass is 10.1. The van der Waals surface area contributed by atoms with Crippen LogP contribution in [0.2, 0.25) is 0 Å². The number of nitrogens with one attached hydrogen (secondary N) is 2. The quantitative estimate of drug-likeness (QED) is 0.684. The van der Waals surface area contributed by atoms with Gasteiger partial charge in [-0.1, -0.05) is 36.4 Å². The molecular formula is C19H20N2O3. The average molecular weight is 324 g/mol. The Labute approximate surface area is 140 Å². The second-order valence-corrected chi connectivity index (χ2v) is 6.50. The fourth-order valence-corrected chi connectivity index (χ4v) is 3.87.